The lowest BCUT2D eigenvalue weighted by Crippen LogP contribution is -2.32. The van der Waals surface area contributed by atoms with Gasteiger partial charge in [0, 0.05) is 5.41 Å². The van der Waals surface area contributed by atoms with Crippen molar-refractivity contribution in [3.05, 3.63) is 71.3 Å². The standard InChI is InChI=1S/C19H24O/c1-3-16-10-12-17(13-11-16)14-19(4-2,15-20)18-8-6-5-7-9-18/h5-13,20H,3-4,14-15H2,1-2H3. The van der Waals surface area contributed by atoms with Gasteiger partial charge in [-0.1, -0.05) is 68.4 Å². The fourth-order valence-electron chi connectivity index (χ4n) is 2.77. The quantitative estimate of drug-likeness (QED) is 0.835. The molecule has 0 bridgehead atoms. The van der Waals surface area contributed by atoms with Gasteiger partial charge in [0.2, 0.25) is 0 Å². The van der Waals surface area contributed by atoms with Crippen LogP contribution in [0, 0.1) is 0 Å². The molecule has 0 aliphatic rings. The van der Waals surface area contributed by atoms with Gasteiger partial charge < -0.3 is 5.11 Å². The third kappa shape index (κ3) is 3.10. The summed E-state index contributed by atoms with van der Waals surface area (Å²) in [6.07, 6.45) is 2.88. The fraction of sp³-hybridized carbons (Fsp3) is 0.368. The largest absolute Gasteiger partial charge is 0.395 e. The summed E-state index contributed by atoms with van der Waals surface area (Å²) in [5.74, 6) is 0. The number of aliphatic hydroxyl groups is 1. The van der Waals surface area contributed by atoms with Gasteiger partial charge in [0.25, 0.3) is 0 Å². The van der Waals surface area contributed by atoms with Crippen molar-refractivity contribution in [2.75, 3.05) is 6.61 Å². The number of hydrogen-bond donors (Lipinski definition) is 1. The van der Waals surface area contributed by atoms with E-state index in [9.17, 15) is 5.11 Å². The molecule has 0 heterocycles. The summed E-state index contributed by atoms with van der Waals surface area (Å²) >= 11 is 0. The summed E-state index contributed by atoms with van der Waals surface area (Å²) in [6, 6.07) is 19.2. The van der Waals surface area contributed by atoms with E-state index in [1.54, 1.807) is 0 Å². The topological polar surface area (TPSA) is 20.2 Å². The molecule has 1 nitrogen and oxygen atoms in total. The molecule has 0 spiro atoms. The van der Waals surface area contributed by atoms with Crippen molar-refractivity contribution in [2.45, 2.75) is 38.5 Å². The number of hydrogen-bond acceptors (Lipinski definition) is 1. The summed E-state index contributed by atoms with van der Waals surface area (Å²) in [6.45, 7) is 4.51. The van der Waals surface area contributed by atoms with Gasteiger partial charge in [-0.15, -0.1) is 0 Å². The first-order valence-electron chi connectivity index (χ1n) is 7.48. The number of benzene rings is 2. The predicted octanol–water partition coefficient (Wildman–Crippen LogP) is 4.13. The van der Waals surface area contributed by atoms with Gasteiger partial charge in [-0.25, -0.2) is 0 Å². The average Bonchev–Trinajstić information content (AvgIpc) is 2.54. The zero-order valence-corrected chi connectivity index (χ0v) is 12.5. The maximum Gasteiger partial charge on any atom is 0.0531 e. The Morgan fingerprint density at radius 2 is 1.45 bits per heavy atom. The first-order valence-corrected chi connectivity index (χ1v) is 7.48. The fourth-order valence-corrected chi connectivity index (χ4v) is 2.77. The van der Waals surface area contributed by atoms with E-state index in [0.29, 0.717) is 0 Å². The van der Waals surface area contributed by atoms with Gasteiger partial charge in [-0.05, 0) is 36.0 Å². The molecule has 1 heteroatoms. The molecule has 2 aromatic rings. The lowest BCUT2D eigenvalue weighted by atomic mass is 9.74. The summed E-state index contributed by atoms with van der Waals surface area (Å²) in [7, 11) is 0. The molecule has 0 saturated heterocycles. The van der Waals surface area contributed by atoms with Crippen LogP contribution < -0.4 is 0 Å². The van der Waals surface area contributed by atoms with Crippen LogP contribution >= 0.6 is 0 Å². The molecule has 2 aromatic carbocycles. The normalized spacial score (nSPS) is 13.9. The second-order valence-electron chi connectivity index (χ2n) is 5.50. The Hall–Kier alpha value is -1.60. The highest BCUT2D eigenvalue weighted by Gasteiger charge is 2.29. The van der Waals surface area contributed by atoms with E-state index in [-0.39, 0.29) is 12.0 Å². The highest BCUT2D eigenvalue weighted by molar-refractivity contribution is 5.31. The SMILES string of the molecule is CCc1ccc(CC(CC)(CO)c2ccccc2)cc1. The van der Waals surface area contributed by atoms with Crippen molar-refractivity contribution in [3.8, 4) is 0 Å². The van der Waals surface area contributed by atoms with E-state index in [2.05, 4.69) is 62.4 Å². The molecule has 0 amide bonds. The molecule has 106 valence electrons. The Morgan fingerprint density at radius 1 is 0.850 bits per heavy atom. The minimum Gasteiger partial charge on any atom is -0.395 e. The highest BCUT2D eigenvalue weighted by atomic mass is 16.3. The zero-order valence-electron chi connectivity index (χ0n) is 12.5. The van der Waals surface area contributed by atoms with Crippen LogP contribution in [0.4, 0.5) is 0 Å². The van der Waals surface area contributed by atoms with E-state index in [1.807, 2.05) is 6.07 Å². The van der Waals surface area contributed by atoms with Crippen molar-refractivity contribution < 1.29 is 5.11 Å². The van der Waals surface area contributed by atoms with Crippen molar-refractivity contribution in [2.24, 2.45) is 0 Å². The van der Waals surface area contributed by atoms with Gasteiger partial charge in [-0.2, -0.15) is 0 Å². The Labute approximate surface area is 122 Å². The Morgan fingerprint density at radius 3 is 1.95 bits per heavy atom. The van der Waals surface area contributed by atoms with Crippen LogP contribution in [0.25, 0.3) is 0 Å². The smallest absolute Gasteiger partial charge is 0.0531 e. The van der Waals surface area contributed by atoms with Gasteiger partial charge in [0.05, 0.1) is 6.61 Å². The maximum atomic E-state index is 9.99. The van der Waals surface area contributed by atoms with E-state index in [0.717, 1.165) is 19.3 Å². The zero-order chi connectivity index (χ0) is 14.4. The third-order valence-electron chi connectivity index (χ3n) is 4.34. The van der Waals surface area contributed by atoms with Crippen LogP contribution in [-0.4, -0.2) is 11.7 Å². The molecule has 20 heavy (non-hydrogen) atoms. The Kier molecular flexibility index (Phi) is 4.97. The van der Waals surface area contributed by atoms with E-state index >= 15 is 0 Å². The molecule has 0 radical (unpaired) electrons. The average molecular weight is 268 g/mol. The monoisotopic (exact) mass is 268 g/mol. The first-order chi connectivity index (χ1) is 9.74. The molecular formula is C19H24O. The van der Waals surface area contributed by atoms with Crippen LogP contribution in [0.1, 0.15) is 37.0 Å². The second-order valence-corrected chi connectivity index (χ2v) is 5.50. The molecule has 0 aliphatic carbocycles. The summed E-state index contributed by atoms with van der Waals surface area (Å²) in [4.78, 5) is 0. The summed E-state index contributed by atoms with van der Waals surface area (Å²) in [5, 5.41) is 9.99. The molecule has 0 saturated carbocycles. The van der Waals surface area contributed by atoms with Crippen LogP contribution in [0.5, 0.6) is 0 Å². The van der Waals surface area contributed by atoms with Gasteiger partial charge in [-0.3, -0.25) is 0 Å². The van der Waals surface area contributed by atoms with Crippen molar-refractivity contribution >= 4 is 0 Å². The van der Waals surface area contributed by atoms with E-state index in [1.165, 1.54) is 16.7 Å². The first kappa shape index (κ1) is 14.8. The summed E-state index contributed by atoms with van der Waals surface area (Å²) < 4.78 is 0. The van der Waals surface area contributed by atoms with Crippen LogP contribution in [0.2, 0.25) is 0 Å². The van der Waals surface area contributed by atoms with Crippen molar-refractivity contribution in [3.63, 3.8) is 0 Å². The van der Waals surface area contributed by atoms with Crippen LogP contribution in [0.15, 0.2) is 54.6 Å². The molecule has 1 unspecified atom stereocenters. The number of aryl methyl sites for hydroxylation is 1. The van der Waals surface area contributed by atoms with E-state index < -0.39 is 0 Å². The predicted molar refractivity (Wildman–Crippen MR) is 85.0 cm³/mol. The van der Waals surface area contributed by atoms with Crippen LogP contribution in [-0.2, 0) is 18.3 Å². The molecular weight excluding hydrogens is 244 g/mol. The third-order valence-corrected chi connectivity index (χ3v) is 4.34. The highest BCUT2D eigenvalue weighted by Crippen LogP contribution is 2.31. The van der Waals surface area contributed by atoms with Crippen molar-refractivity contribution in [1.29, 1.82) is 0 Å². The molecule has 0 aliphatic heterocycles. The molecule has 0 fully saturated rings. The minimum absolute atomic E-state index is 0.172. The molecule has 1 N–H and O–H groups in total. The Balaban J connectivity index is 2.29. The van der Waals surface area contributed by atoms with Crippen LogP contribution in [0.3, 0.4) is 0 Å². The molecule has 1 atom stereocenters. The minimum atomic E-state index is -0.172. The number of rotatable bonds is 6. The molecule has 0 aromatic heterocycles. The molecule has 2 rings (SSSR count). The number of aliphatic hydroxyl groups excluding tert-OH is 1. The van der Waals surface area contributed by atoms with Gasteiger partial charge in [0.1, 0.15) is 0 Å². The van der Waals surface area contributed by atoms with Gasteiger partial charge in [0.15, 0.2) is 0 Å². The lowest BCUT2D eigenvalue weighted by Gasteiger charge is -2.31. The Bertz CT molecular complexity index is 509. The van der Waals surface area contributed by atoms with Gasteiger partial charge >= 0.3 is 0 Å². The second kappa shape index (κ2) is 6.71. The summed E-state index contributed by atoms with van der Waals surface area (Å²) in [5.41, 5.74) is 3.71. The van der Waals surface area contributed by atoms with Crippen molar-refractivity contribution in [1.82, 2.24) is 0 Å². The van der Waals surface area contributed by atoms with E-state index in [4.69, 9.17) is 0 Å². The lowest BCUT2D eigenvalue weighted by molar-refractivity contribution is 0.186. The maximum absolute atomic E-state index is 9.99.